The van der Waals surface area contributed by atoms with Crippen LogP contribution in [0.3, 0.4) is 0 Å². The number of thiophene rings is 1. The fourth-order valence-electron chi connectivity index (χ4n) is 2.96. The highest BCUT2D eigenvalue weighted by Crippen LogP contribution is 2.31. The minimum absolute atomic E-state index is 0.0993. The molecule has 1 saturated heterocycles. The van der Waals surface area contributed by atoms with Crippen molar-refractivity contribution in [2.45, 2.75) is 18.9 Å². The van der Waals surface area contributed by atoms with Crippen LogP contribution in [0.1, 0.15) is 23.8 Å². The van der Waals surface area contributed by atoms with Crippen molar-refractivity contribution in [1.82, 2.24) is 4.90 Å². The average molecular weight is 335 g/mol. The van der Waals surface area contributed by atoms with Gasteiger partial charge in [0.1, 0.15) is 11.5 Å². The Hall–Kier alpha value is -1.99. The second kappa shape index (κ2) is 7.06. The van der Waals surface area contributed by atoms with Gasteiger partial charge in [0.25, 0.3) is 5.69 Å². The van der Waals surface area contributed by atoms with Crippen molar-refractivity contribution in [3.05, 3.63) is 56.5 Å². The Kier molecular flexibility index (Phi) is 4.88. The van der Waals surface area contributed by atoms with Crippen molar-refractivity contribution in [3.8, 4) is 0 Å². The molecule has 7 heteroatoms. The van der Waals surface area contributed by atoms with Crippen LogP contribution in [0, 0.1) is 15.9 Å². The third-order valence-electron chi connectivity index (χ3n) is 4.09. The number of nitrogens with zero attached hydrogens (tertiary/aromatic N) is 2. The number of hydrogen-bond donors (Lipinski definition) is 1. The molecule has 2 heterocycles. The first-order valence-corrected chi connectivity index (χ1v) is 8.48. The van der Waals surface area contributed by atoms with Gasteiger partial charge in [-0.3, -0.25) is 15.0 Å². The summed E-state index contributed by atoms with van der Waals surface area (Å²) in [7, 11) is 0. The smallest absolute Gasteiger partial charge is 0.292 e. The van der Waals surface area contributed by atoms with E-state index in [4.69, 9.17) is 0 Å². The molecule has 1 atom stereocenters. The van der Waals surface area contributed by atoms with Gasteiger partial charge < -0.3 is 5.32 Å². The van der Waals surface area contributed by atoms with E-state index in [2.05, 4.69) is 16.3 Å². The molecule has 1 fully saturated rings. The standard InChI is InChI=1S/C16H18FN3O2S/c17-12-5-6-14(20(21)22)13(10-12)18-11-15(16-4-3-9-23-16)19-7-1-2-8-19/h3-6,9-10,15,18H,1-2,7-8,11H2. The number of likely N-dealkylation sites (tertiary alicyclic amines) is 1. The van der Waals surface area contributed by atoms with Crippen LogP contribution in [0.25, 0.3) is 0 Å². The monoisotopic (exact) mass is 335 g/mol. The number of anilines is 1. The fourth-order valence-corrected chi connectivity index (χ4v) is 3.82. The summed E-state index contributed by atoms with van der Waals surface area (Å²) >= 11 is 1.68. The van der Waals surface area contributed by atoms with Gasteiger partial charge in [-0.2, -0.15) is 0 Å². The molecule has 0 amide bonds. The number of rotatable bonds is 6. The molecule has 0 bridgehead atoms. The van der Waals surface area contributed by atoms with Gasteiger partial charge in [0, 0.05) is 23.6 Å². The molecular weight excluding hydrogens is 317 g/mol. The molecule has 2 aromatic rings. The van der Waals surface area contributed by atoms with Gasteiger partial charge in [0.2, 0.25) is 0 Å². The predicted octanol–water partition coefficient (Wildman–Crippen LogP) is 4.04. The molecule has 122 valence electrons. The van der Waals surface area contributed by atoms with Crippen molar-refractivity contribution in [2.75, 3.05) is 25.0 Å². The van der Waals surface area contributed by atoms with Gasteiger partial charge in [0.05, 0.1) is 11.0 Å². The van der Waals surface area contributed by atoms with E-state index in [1.54, 1.807) is 11.3 Å². The molecule has 3 rings (SSSR count). The highest BCUT2D eigenvalue weighted by atomic mass is 32.1. The van der Waals surface area contributed by atoms with E-state index in [0.717, 1.165) is 19.2 Å². The molecule has 0 spiro atoms. The van der Waals surface area contributed by atoms with E-state index in [-0.39, 0.29) is 17.4 Å². The minimum Gasteiger partial charge on any atom is -0.377 e. The average Bonchev–Trinajstić information content (AvgIpc) is 3.21. The van der Waals surface area contributed by atoms with E-state index in [9.17, 15) is 14.5 Å². The molecule has 1 aromatic heterocycles. The van der Waals surface area contributed by atoms with Crippen molar-refractivity contribution in [1.29, 1.82) is 0 Å². The van der Waals surface area contributed by atoms with Crippen LogP contribution >= 0.6 is 11.3 Å². The zero-order valence-electron chi connectivity index (χ0n) is 12.6. The predicted molar refractivity (Wildman–Crippen MR) is 89.4 cm³/mol. The number of hydrogen-bond acceptors (Lipinski definition) is 5. The number of benzene rings is 1. The number of nitrogens with one attached hydrogen (secondary N) is 1. The van der Waals surface area contributed by atoms with Gasteiger partial charge in [-0.25, -0.2) is 4.39 Å². The van der Waals surface area contributed by atoms with Gasteiger partial charge in [0.15, 0.2) is 0 Å². The SMILES string of the molecule is O=[N+]([O-])c1ccc(F)cc1NCC(c1cccs1)N1CCCC1. The Labute approximate surface area is 137 Å². The summed E-state index contributed by atoms with van der Waals surface area (Å²) in [6, 6.07) is 7.74. The zero-order valence-corrected chi connectivity index (χ0v) is 13.4. The Morgan fingerprint density at radius 2 is 2.13 bits per heavy atom. The van der Waals surface area contributed by atoms with Crippen molar-refractivity contribution in [2.24, 2.45) is 0 Å². The Morgan fingerprint density at radius 3 is 2.78 bits per heavy atom. The first-order valence-electron chi connectivity index (χ1n) is 7.60. The van der Waals surface area contributed by atoms with Crippen LogP contribution in [0.4, 0.5) is 15.8 Å². The first kappa shape index (κ1) is 15.9. The maximum Gasteiger partial charge on any atom is 0.292 e. The molecule has 0 saturated carbocycles. The third kappa shape index (κ3) is 3.68. The quantitative estimate of drug-likeness (QED) is 0.639. The van der Waals surface area contributed by atoms with Gasteiger partial charge in [-0.15, -0.1) is 11.3 Å². The van der Waals surface area contributed by atoms with E-state index < -0.39 is 10.7 Å². The van der Waals surface area contributed by atoms with Gasteiger partial charge >= 0.3 is 0 Å². The van der Waals surface area contributed by atoms with Crippen LogP contribution in [0.15, 0.2) is 35.7 Å². The minimum atomic E-state index is -0.488. The molecule has 5 nitrogen and oxygen atoms in total. The summed E-state index contributed by atoms with van der Waals surface area (Å²) in [5.41, 5.74) is 0.133. The number of halogens is 1. The van der Waals surface area contributed by atoms with Crippen LogP contribution in [-0.4, -0.2) is 29.5 Å². The highest BCUT2D eigenvalue weighted by Gasteiger charge is 2.25. The third-order valence-corrected chi connectivity index (χ3v) is 5.07. The summed E-state index contributed by atoms with van der Waals surface area (Å²) in [5.74, 6) is -0.480. The van der Waals surface area contributed by atoms with E-state index in [1.807, 2.05) is 11.4 Å². The van der Waals surface area contributed by atoms with Crippen LogP contribution in [0.5, 0.6) is 0 Å². The Morgan fingerprint density at radius 1 is 1.35 bits per heavy atom. The van der Waals surface area contributed by atoms with E-state index in [0.29, 0.717) is 6.54 Å². The molecule has 23 heavy (non-hydrogen) atoms. The molecule has 0 radical (unpaired) electrons. The number of nitro groups is 1. The van der Waals surface area contributed by atoms with Gasteiger partial charge in [-0.1, -0.05) is 6.07 Å². The van der Waals surface area contributed by atoms with Crippen molar-refractivity contribution in [3.63, 3.8) is 0 Å². The second-order valence-corrected chi connectivity index (χ2v) is 6.55. The summed E-state index contributed by atoms with van der Waals surface area (Å²) in [6.07, 6.45) is 2.34. The summed E-state index contributed by atoms with van der Waals surface area (Å²) < 4.78 is 13.4. The lowest BCUT2D eigenvalue weighted by atomic mass is 10.2. The zero-order chi connectivity index (χ0) is 16.2. The van der Waals surface area contributed by atoms with Crippen LogP contribution in [0.2, 0.25) is 0 Å². The lowest BCUT2D eigenvalue weighted by molar-refractivity contribution is -0.384. The maximum absolute atomic E-state index is 13.4. The highest BCUT2D eigenvalue weighted by molar-refractivity contribution is 7.10. The largest absolute Gasteiger partial charge is 0.377 e. The summed E-state index contributed by atoms with van der Waals surface area (Å²) in [5, 5.41) is 16.2. The molecule has 0 aliphatic carbocycles. The number of nitro benzene ring substituents is 1. The normalized spacial score (nSPS) is 16.4. The van der Waals surface area contributed by atoms with Crippen LogP contribution < -0.4 is 5.32 Å². The van der Waals surface area contributed by atoms with Crippen molar-refractivity contribution >= 4 is 22.7 Å². The lowest BCUT2D eigenvalue weighted by Gasteiger charge is -2.27. The van der Waals surface area contributed by atoms with Crippen LogP contribution in [-0.2, 0) is 0 Å². The Balaban J connectivity index is 1.79. The Bertz CT molecular complexity index is 672. The topological polar surface area (TPSA) is 58.4 Å². The van der Waals surface area contributed by atoms with E-state index >= 15 is 0 Å². The lowest BCUT2D eigenvalue weighted by Crippen LogP contribution is -2.30. The fraction of sp³-hybridized carbons (Fsp3) is 0.375. The molecule has 1 unspecified atom stereocenters. The summed E-state index contributed by atoms with van der Waals surface area (Å²) in [4.78, 5) is 14.2. The molecule has 1 N–H and O–H groups in total. The summed E-state index contributed by atoms with van der Waals surface area (Å²) in [6.45, 7) is 2.57. The molecule has 1 aliphatic heterocycles. The maximum atomic E-state index is 13.4. The molecule has 1 aliphatic rings. The second-order valence-electron chi connectivity index (χ2n) is 5.57. The molecule has 1 aromatic carbocycles. The van der Waals surface area contributed by atoms with Gasteiger partial charge in [-0.05, 0) is 43.4 Å². The first-order chi connectivity index (χ1) is 11.1. The molecular formula is C16H18FN3O2S. The van der Waals surface area contributed by atoms with E-state index in [1.165, 1.54) is 29.9 Å². The van der Waals surface area contributed by atoms with Crippen molar-refractivity contribution < 1.29 is 9.31 Å².